The van der Waals surface area contributed by atoms with E-state index < -0.39 is 18.2 Å². The van der Waals surface area contributed by atoms with Gasteiger partial charge in [-0.05, 0) is 77.0 Å². The van der Waals surface area contributed by atoms with Gasteiger partial charge in [0.25, 0.3) is 0 Å². The van der Waals surface area contributed by atoms with Crippen molar-refractivity contribution in [3.05, 3.63) is 36.5 Å². The highest BCUT2D eigenvalue weighted by Crippen LogP contribution is 2.14. The molecule has 0 aromatic carbocycles. The molecule has 1 amide bonds. The Balaban J connectivity index is 3.72. The lowest BCUT2D eigenvalue weighted by atomic mass is 10.0. The third-order valence-electron chi connectivity index (χ3n) is 9.19. The normalized spacial score (nSPS) is 14.1. The molecule has 47 heavy (non-hydrogen) atoms. The molecule has 0 saturated heterocycles. The van der Waals surface area contributed by atoms with E-state index in [0.717, 1.165) is 44.9 Å². The maximum atomic E-state index is 12.4. The molecule has 0 heterocycles. The van der Waals surface area contributed by atoms with Crippen LogP contribution in [0.5, 0.6) is 0 Å². The zero-order chi connectivity index (χ0) is 34.5. The molecule has 0 aromatic heterocycles. The topological polar surface area (TPSA) is 89.8 Å². The molecule has 0 rings (SSSR count). The van der Waals surface area contributed by atoms with Crippen molar-refractivity contribution in [2.75, 3.05) is 6.61 Å². The second-order valence-corrected chi connectivity index (χ2v) is 13.8. The number of nitrogens with one attached hydrogen (secondary N) is 1. The van der Waals surface area contributed by atoms with Gasteiger partial charge in [-0.15, -0.1) is 0 Å². The molecule has 0 saturated carbocycles. The third kappa shape index (κ3) is 32.9. The van der Waals surface area contributed by atoms with Crippen LogP contribution >= 0.6 is 0 Å². The molecule has 5 nitrogen and oxygen atoms in total. The smallest absolute Gasteiger partial charge is 0.220 e. The highest BCUT2D eigenvalue weighted by atomic mass is 16.3. The summed E-state index contributed by atoms with van der Waals surface area (Å²) in [4.78, 5) is 12.4. The summed E-state index contributed by atoms with van der Waals surface area (Å²) in [7, 11) is 0. The monoisotopic (exact) mass is 662 g/mol. The van der Waals surface area contributed by atoms with Crippen LogP contribution in [0, 0.1) is 0 Å². The van der Waals surface area contributed by atoms with E-state index in [-0.39, 0.29) is 12.5 Å². The average molecular weight is 662 g/mol. The number of allylic oxidation sites excluding steroid dienone is 6. The lowest BCUT2D eigenvalue weighted by molar-refractivity contribution is -0.124. The summed E-state index contributed by atoms with van der Waals surface area (Å²) in [6.07, 6.45) is 45.3. The molecule has 0 aliphatic rings. The van der Waals surface area contributed by atoms with Crippen LogP contribution in [-0.4, -0.2) is 46.1 Å². The van der Waals surface area contributed by atoms with E-state index in [9.17, 15) is 20.1 Å². The van der Waals surface area contributed by atoms with Crippen molar-refractivity contribution >= 4 is 5.91 Å². The number of aliphatic hydroxyl groups excluding tert-OH is 3. The lowest BCUT2D eigenvalue weighted by Gasteiger charge is -2.26. The van der Waals surface area contributed by atoms with E-state index in [2.05, 4.69) is 55.6 Å². The Morgan fingerprint density at radius 1 is 0.511 bits per heavy atom. The van der Waals surface area contributed by atoms with Crippen LogP contribution in [0.4, 0.5) is 0 Å². The molecule has 0 fully saturated rings. The van der Waals surface area contributed by atoms with Crippen molar-refractivity contribution in [3.8, 4) is 0 Å². The minimum atomic E-state index is -1.17. The van der Waals surface area contributed by atoms with Crippen molar-refractivity contribution < 1.29 is 20.1 Å². The predicted molar refractivity (Wildman–Crippen MR) is 204 cm³/mol. The summed E-state index contributed by atoms with van der Waals surface area (Å²) in [6.45, 7) is 4.14. The number of carbonyl (C=O) groups is 1. The SMILES string of the molecule is CCCCCCC/C=C/CC/C=C/CCCC(O)C(O)C(CO)NC(=O)CCCCCCCCC/C=C\CCCCCCCCCC. The van der Waals surface area contributed by atoms with Gasteiger partial charge in [0.2, 0.25) is 5.91 Å². The average Bonchev–Trinajstić information content (AvgIpc) is 3.07. The fourth-order valence-corrected chi connectivity index (χ4v) is 5.99. The van der Waals surface area contributed by atoms with Crippen LogP contribution in [-0.2, 0) is 4.79 Å². The Morgan fingerprint density at radius 2 is 0.872 bits per heavy atom. The van der Waals surface area contributed by atoms with Gasteiger partial charge in [0.1, 0.15) is 6.10 Å². The Kier molecular flexibility index (Phi) is 36.3. The molecular formula is C42H79NO4. The first-order valence-corrected chi connectivity index (χ1v) is 20.3. The third-order valence-corrected chi connectivity index (χ3v) is 9.19. The van der Waals surface area contributed by atoms with Gasteiger partial charge in [0.05, 0.1) is 18.8 Å². The first kappa shape index (κ1) is 45.6. The molecule has 0 aliphatic heterocycles. The maximum absolute atomic E-state index is 12.4. The van der Waals surface area contributed by atoms with Crippen LogP contribution in [0.2, 0.25) is 0 Å². The predicted octanol–water partition coefficient (Wildman–Crippen LogP) is 11.2. The summed E-state index contributed by atoms with van der Waals surface area (Å²) < 4.78 is 0. The van der Waals surface area contributed by atoms with Crippen LogP contribution in [0.25, 0.3) is 0 Å². The number of rotatable bonds is 36. The van der Waals surface area contributed by atoms with Gasteiger partial charge < -0.3 is 20.6 Å². The highest BCUT2D eigenvalue weighted by Gasteiger charge is 2.26. The number of hydrogen-bond donors (Lipinski definition) is 4. The Bertz CT molecular complexity index is 734. The fraction of sp³-hybridized carbons (Fsp3) is 0.833. The summed E-state index contributed by atoms with van der Waals surface area (Å²) in [6, 6.07) is -0.833. The van der Waals surface area contributed by atoms with E-state index >= 15 is 0 Å². The van der Waals surface area contributed by atoms with Gasteiger partial charge in [-0.2, -0.15) is 0 Å². The molecule has 3 atom stereocenters. The van der Waals surface area contributed by atoms with Crippen molar-refractivity contribution in [3.63, 3.8) is 0 Å². The van der Waals surface area contributed by atoms with Gasteiger partial charge in [0, 0.05) is 6.42 Å². The highest BCUT2D eigenvalue weighted by molar-refractivity contribution is 5.76. The molecule has 0 aliphatic carbocycles. The molecule has 276 valence electrons. The van der Waals surface area contributed by atoms with Crippen molar-refractivity contribution in [1.29, 1.82) is 0 Å². The van der Waals surface area contributed by atoms with Crippen LogP contribution in [0.1, 0.15) is 200 Å². The van der Waals surface area contributed by atoms with E-state index in [4.69, 9.17) is 0 Å². The van der Waals surface area contributed by atoms with Crippen LogP contribution < -0.4 is 5.32 Å². The molecule has 3 unspecified atom stereocenters. The molecular weight excluding hydrogens is 582 g/mol. The summed E-state index contributed by atoms with van der Waals surface area (Å²) in [5.41, 5.74) is 0. The summed E-state index contributed by atoms with van der Waals surface area (Å²) >= 11 is 0. The van der Waals surface area contributed by atoms with Crippen molar-refractivity contribution in [2.24, 2.45) is 0 Å². The first-order chi connectivity index (χ1) is 23.1. The van der Waals surface area contributed by atoms with Gasteiger partial charge in [-0.3, -0.25) is 4.79 Å². The second-order valence-electron chi connectivity index (χ2n) is 13.8. The fourth-order valence-electron chi connectivity index (χ4n) is 5.99. The maximum Gasteiger partial charge on any atom is 0.220 e. The lowest BCUT2D eigenvalue weighted by Crippen LogP contribution is -2.50. The van der Waals surface area contributed by atoms with E-state index in [1.54, 1.807) is 0 Å². The molecule has 5 heteroatoms. The van der Waals surface area contributed by atoms with Crippen LogP contribution in [0.15, 0.2) is 36.5 Å². The number of carbonyl (C=O) groups excluding carboxylic acids is 1. The quantitative estimate of drug-likeness (QED) is 0.0397. The number of aliphatic hydroxyl groups is 3. The molecule has 0 spiro atoms. The van der Waals surface area contributed by atoms with E-state index in [0.29, 0.717) is 12.8 Å². The number of hydrogen-bond acceptors (Lipinski definition) is 4. The first-order valence-electron chi connectivity index (χ1n) is 20.3. The Hall–Kier alpha value is -1.43. The molecule has 4 N–H and O–H groups in total. The minimum absolute atomic E-state index is 0.164. The number of unbranched alkanes of at least 4 members (excludes halogenated alkanes) is 22. The van der Waals surface area contributed by atoms with Gasteiger partial charge in [-0.1, -0.05) is 153 Å². The Labute approximate surface area is 292 Å². The minimum Gasteiger partial charge on any atom is -0.394 e. The van der Waals surface area contributed by atoms with E-state index in [1.807, 2.05) is 0 Å². The van der Waals surface area contributed by atoms with Gasteiger partial charge in [-0.25, -0.2) is 0 Å². The largest absolute Gasteiger partial charge is 0.394 e. The van der Waals surface area contributed by atoms with Crippen LogP contribution in [0.3, 0.4) is 0 Å². The standard InChI is InChI=1S/C42H79NO4/c1-3-5-7-9-11-13-15-17-19-20-21-22-23-25-27-29-31-33-35-37-41(46)43-39(38-44)42(47)40(45)36-34-32-30-28-26-24-18-16-14-12-10-8-6-4-2/h16,18,20-21,28,30,39-40,42,44-45,47H,3-15,17,19,22-27,29,31-38H2,1-2H3,(H,43,46)/b18-16+,21-20-,30-28+. The van der Waals surface area contributed by atoms with Gasteiger partial charge in [0.15, 0.2) is 0 Å². The summed E-state index contributed by atoms with van der Waals surface area (Å²) in [5, 5.41) is 33.4. The van der Waals surface area contributed by atoms with E-state index in [1.165, 1.54) is 128 Å². The van der Waals surface area contributed by atoms with Crippen molar-refractivity contribution in [1.82, 2.24) is 5.32 Å². The zero-order valence-corrected chi connectivity index (χ0v) is 31.2. The molecule has 0 radical (unpaired) electrons. The second kappa shape index (κ2) is 37.4. The zero-order valence-electron chi connectivity index (χ0n) is 31.2. The molecule has 0 bridgehead atoms. The van der Waals surface area contributed by atoms with Crippen molar-refractivity contribution in [2.45, 2.75) is 218 Å². The number of amides is 1. The summed E-state index contributed by atoms with van der Waals surface area (Å²) in [5.74, 6) is -0.164. The molecule has 0 aromatic rings. The van der Waals surface area contributed by atoms with Gasteiger partial charge >= 0.3 is 0 Å². The Morgan fingerprint density at radius 3 is 1.30 bits per heavy atom.